The van der Waals surface area contributed by atoms with Crippen LogP contribution < -0.4 is 0 Å². The van der Waals surface area contributed by atoms with Crippen molar-refractivity contribution in [2.75, 3.05) is 6.61 Å². The number of rotatable bonds is 6. The number of benzene rings is 1. The summed E-state index contributed by atoms with van der Waals surface area (Å²) < 4.78 is 0. The summed E-state index contributed by atoms with van der Waals surface area (Å²) in [6.07, 6.45) is 0.374. The van der Waals surface area contributed by atoms with E-state index in [0.29, 0.717) is 29.8 Å². The number of nitrogens with zero attached hydrogens (tertiary/aromatic N) is 1. The molecular weight excluding hydrogens is 370 g/mol. The Kier molecular flexibility index (Phi) is 6.38. The molecule has 1 aromatic rings. The van der Waals surface area contributed by atoms with Crippen LogP contribution in [-0.2, 0) is 9.63 Å². The lowest BCUT2D eigenvalue weighted by Gasteiger charge is -2.33. The van der Waals surface area contributed by atoms with Gasteiger partial charge in [-0.15, -0.1) is 0 Å². The van der Waals surface area contributed by atoms with E-state index in [2.05, 4.69) is 17.0 Å². The quantitative estimate of drug-likeness (QED) is 0.393. The van der Waals surface area contributed by atoms with Gasteiger partial charge in [-0.1, -0.05) is 40.7 Å². The smallest absolute Gasteiger partial charge is 0.303 e. The van der Waals surface area contributed by atoms with Crippen molar-refractivity contribution in [3.05, 3.63) is 34.9 Å². The molecule has 0 aliphatic heterocycles. The summed E-state index contributed by atoms with van der Waals surface area (Å²) in [5.74, 6) is 5.04. The second-order valence-corrected chi connectivity index (χ2v) is 7.40. The maximum absolute atomic E-state index is 10.4. The third kappa shape index (κ3) is 4.81. The molecule has 27 heavy (non-hydrogen) atoms. The van der Waals surface area contributed by atoms with Crippen molar-refractivity contribution in [1.82, 2.24) is 0 Å². The molecular formula is C20H22ClNO5. The van der Waals surface area contributed by atoms with Gasteiger partial charge in [-0.05, 0) is 42.9 Å². The Labute approximate surface area is 162 Å². The number of halogens is 1. The molecule has 0 bridgehead atoms. The predicted octanol–water partition coefficient (Wildman–Crippen LogP) is 2.63. The molecule has 0 spiro atoms. The van der Waals surface area contributed by atoms with Gasteiger partial charge in [-0.2, -0.15) is 0 Å². The average molecular weight is 392 g/mol. The van der Waals surface area contributed by atoms with Crippen molar-refractivity contribution in [3.8, 4) is 11.8 Å². The highest BCUT2D eigenvalue weighted by Crippen LogP contribution is 2.48. The Morgan fingerprint density at radius 1 is 1.37 bits per heavy atom. The monoisotopic (exact) mass is 391 g/mol. The van der Waals surface area contributed by atoms with Crippen LogP contribution in [0.5, 0.6) is 0 Å². The standard InChI is InChI=1S/C20H22ClNO5/c21-14-6-3-12(4-7-14)18(23)8-5-13-10-15-16(20(13)26)11-17(15)22-27-9-1-2-19(24)25/h3-4,6-7,13,15-16,18,20,23,26H,1-2,9-11H2,(H,24,25). The first kappa shape index (κ1) is 19.7. The summed E-state index contributed by atoms with van der Waals surface area (Å²) in [4.78, 5) is 15.6. The molecule has 3 N–H and O–H groups in total. The van der Waals surface area contributed by atoms with Crippen LogP contribution in [-0.4, -0.2) is 39.7 Å². The topological polar surface area (TPSA) is 99.4 Å². The van der Waals surface area contributed by atoms with Gasteiger partial charge in [0.1, 0.15) is 12.7 Å². The molecule has 0 amide bonds. The Morgan fingerprint density at radius 2 is 2.11 bits per heavy atom. The lowest BCUT2D eigenvalue weighted by Crippen LogP contribution is -2.38. The Bertz CT molecular complexity index is 767. The third-order valence-corrected chi connectivity index (χ3v) is 5.40. The molecule has 7 heteroatoms. The van der Waals surface area contributed by atoms with Gasteiger partial charge < -0.3 is 20.2 Å². The van der Waals surface area contributed by atoms with Crippen molar-refractivity contribution in [1.29, 1.82) is 0 Å². The molecule has 2 aliphatic rings. The fourth-order valence-electron chi connectivity index (χ4n) is 3.58. The SMILES string of the molecule is O=C(O)CCCON=C1CC2C1CC(C#CC(O)c1ccc(Cl)cc1)C2O. The Hall–Kier alpha value is -2.07. The molecule has 5 atom stereocenters. The summed E-state index contributed by atoms with van der Waals surface area (Å²) in [5, 5.41) is 33.9. The summed E-state index contributed by atoms with van der Waals surface area (Å²) in [6.45, 7) is 0.270. The molecule has 0 saturated heterocycles. The molecule has 0 heterocycles. The zero-order valence-electron chi connectivity index (χ0n) is 14.7. The normalized spacial score (nSPS) is 28.6. The number of fused-ring (bicyclic) bond motifs is 1. The van der Waals surface area contributed by atoms with Crippen molar-refractivity contribution < 1.29 is 25.0 Å². The second kappa shape index (κ2) is 8.75. The van der Waals surface area contributed by atoms with Crippen LogP contribution >= 0.6 is 11.6 Å². The molecule has 0 aromatic heterocycles. The van der Waals surface area contributed by atoms with E-state index in [1.165, 1.54) is 0 Å². The molecule has 3 rings (SSSR count). The third-order valence-electron chi connectivity index (χ3n) is 5.15. The van der Waals surface area contributed by atoms with E-state index in [0.717, 1.165) is 5.71 Å². The number of aliphatic hydroxyl groups is 2. The van der Waals surface area contributed by atoms with E-state index in [1.54, 1.807) is 24.3 Å². The van der Waals surface area contributed by atoms with E-state index in [1.807, 2.05) is 0 Å². The van der Waals surface area contributed by atoms with Crippen LogP contribution in [0.2, 0.25) is 5.02 Å². The molecule has 2 fully saturated rings. The number of carbonyl (C=O) groups is 1. The van der Waals surface area contributed by atoms with Crippen LogP contribution in [0.1, 0.15) is 37.4 Å². The molecule has 1 aromatic carbocycles. The van der Waals surface area contributed by atoms with E-state index >= 15 is 0 Å². The Balaban J connectivity index is 1.52. The summed E-state index contributed by atoms with van der Waals surface area (Å²) in [6, 6.07) is 6.85. The zero-order chi connectivity index (χ0) is 19.4. The summed E-state index contributed by atoms with van der Waals surface area (Å²) >= 11 is 5.84. The first-order chi connectivity index (χ1) is 13.0. The zero-order valence-corrected chi connectivity index (χ0v) is 15.5. The maximum atomic E-state index is 10.4. The van der Waals surface area contributed by atoms with Gasteiger partial charge in [0.25, 0.3) is 0 Å². The maximum Gasteiger partial charge on any atom is 0.303 e. The van der Waals surface area contributed by atoms with Gasteiger partial charge in [0.15, 0.2) is 0 Å². The van der Waals surface area contributed by atoms with Gasteiger partial charge in [-0.3, -0.25) is 4.79 Å². The highest BCUT2D eigenvalue weighted by Gasteiger charge is 2.51. The lowest BCUT2D eigenvalue weighted by atomic mass is 9.73. The van der Waals surface area contributed by atoms with Crippen molar-refractivity contribution in [3.63, 3.8) is 0 Å². The van der Waals surface area contributed by atoms with Gasteiger partial charge in [0.2, 0.25) is 0 Å². The number of carboxylic acid groups (broad SMARTS) is 1. The number of oxime groups is 1. The van der Waals surface area contributed by atoms with Crippen LogP contribution in [0.3, 0.4) is 0 Å². The minimum Gasteiger partial charge on any atom is -0.481 e. The van der Waals surface area contributed by atoms with Gasteiger partial charge in [0.05, 0.1) is 11.8 Å². The molecule has 0 radical (unpaired) electrons. The molecule has 2 saturated carbocycles. The minimum atomic E-state index is -0.918. The average Bonchev–Trinajstić information content (AvgIpc) is 2.86. The largest absolute Gasteiger partial charge is 0.481 e. The van der Waals surface area contributed by atoms with Crippen LogP contribution in [0, 0.1) is 29.6 Å². The number of aliphatic carboxylic acids is 1. The van der Waals surface area contributed by atoms with E-state index in [4.69, 9.17) is 21.5 Å². The number of aliphatic hydroxyl groups excluding tert-OH is 2. The minimum absolute atomic E-state index is 0.0588. The molecule has 2 aliphatic carbocycles. The first-order valence-electron chi connectivity index (χ1n) is 8.99. The predicted molar refractivity (Wildman–Crippen MR) is 100 cm³/mol. The van der Waals surface area contributed by atoms with Crippen LogP contribution in [0.25, 0.3) is 0 Å². The van der Waals surface area contributed by atoms with Gasteiger partial charge in [-0.25, -0.2) is 0 Å². The van der Waals surface area contributed by atoms with E-state index in [9.17, 15) is 15.0 Å². The van der Waals surface area contributed by atoms with E-state index in [-0.39, 0.29) is 30.8 Å². The highest BCUT2D eigenvalue weighted by molar-refractivity contribution is 6.30. The summed E-state index contributed by atoms with van der Waals surface area (Å²) in [5.41, 5.74) is 1.57. The molecule has 6 nitrogen and oxygen atoms in total. The fourth-order valence-corrected chi connectivity index (χ4v) is 3.71. The number of hydrogen-bond donors (Lipinski definition) is 3. The second-order valence-electron chi connectivity index (χ2n) is 6.96. The van der Waals surface area contributed by atoms with Crippen molar-refractivity contribution >= 4 is 23.3 Å². The summed E-state index contributed by atoms with van der Waals surface area (Å²) in [7, 11) is 0. The van der Waals surface area contributed by atoms with Gasteiger partial charge in [0, 0.05) is 23.3 Å². The van der Waals surface area contributed by atoms with Crippen molar-refractivity contribution in [2.45, 2.75) is 37.9 Å². The van der Waals surface area contributed by atoms with Crippen LogP contribution in [0.4, 0.5) is 0 Å². The van der Waals surface area contributed by atoms with Crippen molar-refractivity contribution in [2.24, 2.45) is 22.9 Å². The number of hydrogen-bond acceptors (Lipinski definition) is 5. The lowest BCUT2D eigenvalue weighted by molar-refractivity contribution is -0.137. The first-order valence-corrected chi connectivity index (χ1v) is 9.36. The highest BCUT2D eigenvalue weighted by atomic mass is 35.5. The molecule has 5 unspecified atom stereocenters. The fraction of sp³-hybridized carbons (Fsp3) is 0.500. The number of carboxylic acids is 1. The van der Waals surface area contributed by atoms with Crippen LogP contribution in [0.15, 0.2) is 29.4 Å². The van der Waals surface area contributed by atoms with E-state index < -0.39 is 18.2 Å². The molecule has 144 valence electrons. The Morgan fingerprint density at radius 3 is 2.81 bits per heavy atom. The van der Waals surface area contributed by atoms with Gasteiger partial charge >= 0.3 is 5.97 Å².